The van der Waals surface area contributed by atoms with Crippen LogP contribution in [0.3, 0.4) is 0 Å². The van der Waals surface area contributed by atoms with Crippen molar-refractivity contribution in [1.82, 2.24) is 10.2 Å². The summed E-state index contributed by atoms with van der Waals surface area (Å²) in [7, 11) is 0. The van der Waals surface area contributed by atoms with Crippen molar-refractivity contribution in [2.45, 2.75) is 24.9 Å². The number of nitrogens with zero attached hydrogens (tertiary/aromatic N) is 1. The Morgan fingerprint density at radius 3 is 2.90 bits per heavy atom. The maximum absolute atomic E-state index is 10.4. The van der Waals surface area contributed by atoms with Crippen molar-refractivity contribution in [2.24, 2.45) is 0 Å². The molecule has 0 bridgehead atoms. The minimum atomic E-state index is 0.520. The highest BCUT2D eigenvalue weighted by Crippen LogP contribution is 2.26. The van der Waals surface area contributed by atoms with Crippen LogP contribution in [0.1, 0.15) is 12.8 Å². The number of carbonyl (C=O) groups excluding carboxylic acids is 1. The second kappa shape index (κ2) is 2.23. The number of rotatable bonds is 1. The number of hydrogen-bond donors (Lipinski definition) is 1. The van der Waals surface area contributed by atoms with E-state index in [0.29, 0.717) is 12.1 Å². The number of nitrogens with one attached hydrogen (secondary N) is 1. The van der Waals surface area contributed by atoms with Gasteiger partial charge in [0, 0.05) is 25.2 Å². The lowest BCUT2D eigenvalue weighted by atomic mass is 9.84. The third-order valence-electron chi connectivity index (χ3n) is 2.58. The maximum Gasteiger partial charge on any atom is 0.210 e. The van der Waals surface area contributed by atoms with Crippen molar-refractivity contribution >= 4 is 6.41 Å². The normalized spacial score (nSPS) is 38.2. The molecule has 1 N–H and O–H groups in total. The number of amides is 1. The number of piperazine rings is 1. The van der Waals surface area contributed by atoms with Crippen LogP contribution in [0.5, 0.6) is 0 Å². The molecule has 2 fully saturated rings. The average Bonchev–Trinajstić information content (AvgIpc) is 1.91. The van der Waals surface area contributed by atoms with E-state index in [1.807, 2.05) is 4.90 Å². The van der Waals surface area contributed by atoms with E-state index in [2.05, 4.69) is 5.32 Å². The molecule has 1 aliphatic carbocycles. The van der Waals surface area contributed by atoms with E-state index >= 15 is 0 Å². The smallest absolute Gasteiger partial charge is 0.210 e. The van der Waals surface area contributed by atoms with Crippen molar-refractivity contribution in [3.8, 4) is 0 Å². The fraction of sp³-hybridized carbons (Fsp3) is 0.857. The van der Waals surface area contributed by atoms with E-state index in [-0.39, 0.29) is 0 Å². The summed E-state index contributed by atoms with van der Waals surface area (Å²) in [6.07, 6.45) is 3.42. The summed E-state index contributed by atoms with van der Waals surface area (Å²) in [6.45, 7) is 1.87. The first kappa shape index (κ1) is 6.16. The molecule has 56 valence electrons. The van der Waals surface area contributed by atoms with Crippen LogP contribution >= 0.6 is 0 Å². The summed E-state index contributed by atoms with van der Waals surface area (Å²) in [4.78, 5) is 12.4. The highest BCUT2D eigenvalue weighted by atomic mass is 16.1. The van der Waals surface area contributed by atoms with Crippen molar-refractivity contribution in [1.29, 1.82) is 0 Å². The van der Waals surface area contributed by atoms with Crippen LogP contribution in [-0.2, 0) is 4.79 Å². The minimum absolute atomic E-state index is 0.520. The Labute approximate surface area is 60.4 Å². The van der Waals surface area contributed by atoms with E-state index < -0.39 is 0 Å². The maximum atomic E-state index is 10.4. The van der Waals surface area contributed by atoms with Gasteiger partial charge >= 0.3 is 0 Å². The van der Waals surface area contributed by atoms with Crippen LogP contribution < -0.4 is 5.32 Å². The lowest BCUT2D eigenvalue weighted by molar-refractivity contribution is -0.124. The molecule has 1 aliphatic heterocycles. The van der Waals surface area contributed by atoms with Gasteiger partial charge in [-0.3, -0.25) is 4.79 Å². The van der Waals surface area contributed by atoms with Gasteiger partial charge in [-0.2, -0.15) is 0 Å². The van der Waals surface area contributed by atoms with Crippen LogP contribution in [0.25, 0.3) is 0 Å². The molecule has 1 saturated heterocycles. The molecule has 0 aromatic rings. The number of hydrogen-bond acceptors (Lipinski definition) is 2. The van der Waals surface area contributed by atoms with Gasteiger partial charge in [-0.05, 0) is 12.8 Å². The summed E-state index contributed by atoms with van der Waals surface area (Å²) in [5, 5.41) is 3.38. The highest BCUT2D eigenvalue weighted by Gasteiger charge is 2.37. The van der Waals surface area contributed by atoms with Crippen molar-refractivity contribution in [3.63, 3.8) is 0 Å². The molecule has 1 unspecified atom stereocenters. The minimum Gasteiger partial charge on any atom is -0.339 e. The lowest BCUT2D eigenvalue weighted by Gasteiger charge is -2.47. The summed E-state index contributed by atoms with van der Waals surface area (Å²) in [5.74, 6) is 0. The molecule has 3 heteroatoms. The zero-order valence-corrected chi connectivity index (χ0v) is 5.92. The summed E-state index contributed by atoms with van der Waals surface area (Å²) < 4.78 is 0. The van der Waals surface area contributed by atoms with Crippen LogP contribution in [0.15, 0.2) is 0 Å². The van der Waals surface area contributed by atoms with Gasteiger partial charge in [0.1, 0.15) is 0 Å². The fourth-order valence-electron chi connectivity index (χ4n) is 1.79. The van der Waals surface area contributed by atoms with Gasteiger partial charge < -0.3 is 10.2 Å². The van der Waals surface area contributed by atoms with Gasteiger partial charge in [-0.25, -0.2) is 0 Å². The Morgan fingerprint density at radius 2 is 2.40 bits per heavy atom. The zero-order valence-electron chi connectivity index (χ0n) is 5.92. The molecule has 0 aromatic carbocycles. The molecule has 2 rings (SSSR count). The molecule has 1 heterocycles. The van der Waals surface area contributed by atoms with Gasteiger partial charge in [0.05, 0.1) is 0 Å². The first-order chi connectivity index (χ1) is 4.92. The third-order valence-corrected chi connectivity index (χ3v) is 2.58. The Morgan fingerprint density at radius 1 is 1.50 bits per heavy atom. The van der Waals surface area contributed by atoms with E-state index in [0.717, 1.165) is 19.5 Å². The lowest BCUT2D eigenvalue weighted by Crippen LogP contribution is -2.62. The molecular weight excluding hydrogens is 128 g/mol. The van der Waals surface area contributed by atoms with Gasteiger partial charge in [-0.15, -0.1) is 0 Å². The summed E-state index contributed by atoms with van der Waals surface area (Å²) in [6, 6.07) is 1.13. The predicted molar refractivity (Wildman–Crippen MR) is 37.6 cm³/mol. The Balaban J connectivity index is 2.00. The molecule has 1 saturated carbocycles. The molecule has 2 atom stereocenters. The second-order valence-electron chi connectivity index (χ2n) is 3.05. The standard InChI is InChI=1S/C7H12N2O/c10-5-9-4-3-8-6-1-2-7(6)9/h5-8H,1-4H2/t6?,7-/m0/s1. The quantitative estimate of drug-likeness (QED) is 0.502. The molecule has 2 aliphatic rings. The zero-order chi connectivity index (χ0) is 6.97. The fourth-order valence-corrected chi connectivity index (χ4v) is 1.79. The molecule has 0 aromatic heterocycles. The van der Waals surface area contributed by atoms with Gasteiger partial charge in [-0.1, -0.05) is 0 Å². The Kier molecular flexibility index (Phi) is 1.38. The largest absolute Gasteiger partial charge is 0.339 e. The molecule has 0 spiro atoms. The molecule has 10 heavy (non-hydrogen) atoms. The third kappa shape index (κ3) is 0.736. The Hall–Kier alpha value is -0.570. The molecule has 0 radical (unpaired) electrons. The topological polar surface area (TPSA) is 32.3 Å². The second-order valence-corrected chi connectivity index (χ2v) is 3.05. The highest BCUT2D eigenvalue weighted by molar-refractivity contribution is 5.48. The van der Waals surface area contributed by atoms with Crippen molar-refractivity contribution in [3.05, 3.63) is 0 Å². The van der Waals surface area contributed by atoms with Crippen LogP contribution in [0, 0.1) is 0 Å². The van der Waals surface area contributed by atoms with E-state index in [9.17, 15) is 4.79 Å². The molecule has 3 nitrogen and oxygen atoms in total. The van der Waals surface area contributed by atoms with E-state index in [1.165, 1.54) is 12.8 Å². The van der Waals surface area contributed by atoms with Crippen molar-refractivity contribution < 1.29 is 4.79 Å². The summed E-state index contributed by atoms with van der Waals surface area (Å²) in [5.41, 5.74) is 0. The first-order valence-electron chi connectivity index (χ1n) is 3.86. The van der Waals surface area contributed by atoms with Crippen LogP contribution in [0.2, 0.25) is 0 Å². The van der Waals surface area contributed by atoms with Gasteiger partial charge in [0.15, 0.2) is 0 Å². The number of fused-ring (bicyclic) bond motifs is 1. The van der Waals surface area contributed by atoms with Crippen LogP contribution in [0.4, 0.5) is 0 Å². The molecular formula is C7H12N2O. The van der Waals surface area contributed by atoms with Gasteiger partial charge in [0.2, 0.25) is 6.41 Å². The van der Waals surface area contributed by atoms with E-state index in [4.69, 9.17) is 0 Å². The number of carbonyl (C=O) groups is 1. The average molecular weight is 140 g/mol. The van der Waals surface area contributed by atoms with Crippen molar-refractivity contribution in [2.75, 3.05) is 13.1 Å². The van der Waals surface area contributed by atoms with Gasteiger partial charge in [0.25, 0.3) is 0 Å². The SMILES string of the molecule is O=CN1CCNC2CC[C@@H]21. The van der Waals surface area contributed by atoms with E-state index in [1.54, 1.807) is 0 Å². The first-order valence-corrected chi connectivity index (χ1v) is 3.86. The van der Waals surface area contributed by atoms with Crippen LogP contribution in [-0.4, -0.2) is 36.5 Å². The monoisotopic (exact) mass is 140 g/mol. The molecule has 1 amide bonds. The Bertz CT molecular complexity index is 149. The predicted octanol–water partition coefficient (Wildman–Crippen LogP) is -0.421. The summed E-state index contributed by atoms with van der Waals surface area (Å²) >= 11 is 0.